The van der Waals surface area contributed by atoms with Gasteiger partial charge >= 0.3 is 0 Å². The van der Waals surface area contributed by atoms with Crippen LogP contribution >= 0.6 is 0 Å². The Morgan fingerprint density at radius 1 is 1.32 bits per heavy atom. The molecule has 5 heteroatoms. The minimum atomic E-state index is 0.467. The number of rotatable bonds is 7. The zero-order valence-electron chi connectivity index (χ0n) is 11.6. The van der Waals surface area contributed by atoms with Crippen LogP contribution in [-0.2, 0) is 11.3 Å². The van der Waals surface area contributed by atoms with E-state index in [-0.39, 0.29) is 0 Å². The van der Waals surface area contributed by atoms with Crippen LogP contribution in [0.25, 0.3) is 0 Å². The Kier molecular flexibility index (Phi) is 6.04. The maximum Gasteiger partial charge on any atom is 0.237 e. The van der Waals surface area contributed by atoms with Crippen LogP contribution in [0.15, 0.2) is 12.4 Å². The van der Waals surface area contributed by atoms with Crippen LogP contribution in [0.2, 0.25) is 0 Å². The number of methoxy groups -OCH3 is 1. The summed E-state index contributed by atoms with van der Waals surface area (Å²) in [7, 11) is 1.60. The molecule has 1 aromatic rings. The lowest BCUT2D eigenvalue weighted by molar-refractivity contribution is 0.109. The predicted octanol–water partition coefficient (Wildman–Crippen LogP) is 1.92. The summed E-state index contributed by atoms with van der Waals surface area (Å²) in [5, 5.41) is 3.55. The molecular weight excluding hydrogens is 242 g/mol. The first-order valence-electron chi connectivity index (χ1n) is 7.05. The van der Waals surface area contributed by atoms with Crippen molar-refractivity contribution in [3.63, 3.8) is 0 Å². The Morgan fingerprint density at radius 2 is 2.21 bits per heavy atom. The van der Waals surface area contributed by atoms with E-state index in [0.717, 1.165) is 18.7 Å². The molecule has 1 atom stereocenters. The first kappa shape index (κ1) is 14.2. The van der Waals surface area contributed by atoms with Gasteiger partial charge in [-0.3, -0.25) is 4.98 Å². The number of nitrogens with zero attached hydrogens (tertiary/aromatic N) is 2. The Morgan fingerprint density at radius 3 is 3.00 bits per heavy atom. The van der Waals surface area contributed by atoms with Crippen LogP contribution in [0.3, 0.4) is 0 Å². The summed E-state index contributed by atoms with van der Waals surface area (Å²) in [6.45, 7) is 2.40. The monoisotopic (exact) mass is 265 g/mol. The third-order valence-corrected chi connectivity index (χ3v) is 3.42. The lowest BCUT2D eigenvalue weighted by atomic mass is 10.0. The molecule has 106 valence electrons. The van der Waals surface area contributed by atoms with E-state index in [1.807, 2.05) is 0 Å². The molecule has 0 radical (unpaired) electrons. The third-order valence-electron chi connectivity index (χ3n) is 3.42. The first-order chi connectivity index (χ1) is 9.40. The fraction of sp³-hybridized carbons (Fsp3) is 0.714. The van der Waals surface area contributed by atoms with Crippen molar-refractivity contribution >= 4 is 0 Å². The highest BCUT2D eigenvalue weighted by Crippen LogP contribution is 2.13. The summed E-state index contributed by atoms with van der Waals surface area (Å²) in [4.78, 5) is 8.31. The standard InChI is InChI=1S/C14H23N3O2/c1-18-14-13(16-8-9-17-14)11-19-10-4-6-12-5-2-3-7-15-12/h8-9,12,15H,2-7,10-11H2,1H3/t12-/m0/s1. The smallest absolute Gasteiger partial charge is 0.237 e. The molecular formula is C14H23N3O2. The van der Waals surface area contributed by atoms with Gasteiger partial charge in [0, 0.05) is 25.0 Å². The first-order valence-corrected chi connectivity index (χ1v) is 7.05. The summed E-state index contributed by atoms with van der Waals surface area (Å²) in [6.07, 6.45) is 9.54. The molecule has 1 aliphatic heterocycles. The Hall–Kier alpha value is -1.20. The summed E-state index contributed by atoms with van der Waals surface area (Å²) < 4.78 is 10.8. The quantitative estimate of drug-likeness (QED) is 0.763. The van der Waals surface area contributed by atoms with E-state index in [1.165, 1.54) is 32.2 Å². The van der Waals surface area contributed by atoms with E-state index in [4.69, 9.17) is 9.47 Å². The molecule has 1 N–H and O–H groups in total. The summed E-state index contributed by atoms with van der Waals surface area (Å²) in [6, 6.07) is 0.684. The highest BCUT2D eigenvalue weighted by Gasteiger charge is 2.11. The zero-order chi connectivity index (χ0) is 13.3. The van der Waals surface area contributed by atoms with Crippen molar-refractivity contribution in [2.75, 3.05) is 20.3 Å². The van der Waals surface area contributed by atoms with Crippen molar-refractivity contribution in [2.45, 2.75) is 44.8 Å². The van der Waals surface area contributed by atoms with Crippen LogP contribution < -0.4 is 10.1 Å². The lowest BCUT2D eigenvalue weighted by Crippen LogP contribution is -2.33. The van der Waals surface area contributed by atoms with Crippen LogP contribution in [0.5, 0.6) is 5.88 Å². The second-order valence-corrected chi connectivity index (χ2v) is 4.85. The van der Waals surface area contributed by atoms with Gasteiger partial charge in [-0.05, 0) is 32.2 Å². The van der Waals surface area contributed by atoms with Gasteiger partial charge in [-0.1, -0.05) is 6.42 Å². The number of aromatic nitrogens is 2. The SMILES string of the molecule is COc1nccnc1COCCC[C@@H]1CCCCN1. The van der Waals surface area contributed by atoms with E-state index >= 15 is 0 Å². The van der Waals surface area contributed by atoms with E-state index in [9.17, 15) is 0 Å². The van der Waals surface area contributed by atoms with E-state index in [1.54, 1.807) is 19.5 Å². The summed E-state index contributed by atoms with van der Waals surface area (Å²) in [5.41, 5.74) is 0.765. The molecule has 19 heavy (non-hydrogen) atoms. The highest BCUT2D eigenvalue weighted by atomic mass is 16.5. The van der Waals surface area contributed by atoms with Gasteiger partial charge in [-0.15, -0.1) is 0 Å². The molecule has 0 spiro atoms. The molecule has 1 aliphatic rings. The molecule has 2 heterocycles. The molecule has 5 nitrogen and oxygen atoms in total. The van der Waals surface area contributed by atoms with Gasteiger partial charge in [0.25, 0.3) is 0 Å². The molecule has 0 bridgehead atoms. The van der Waals surface area contributed by atoms with Gasteiger partial charge in [0.2, 0.25) is 5.88 Å². The molecule has 1 aromatic heterocycles. The van der Waals surface area contributed by atoms with Gasteiger partial charge in [0.05, 0.1) is 13.7 Å². The molecule has 0 aliphatic carbocycles. The number of ether oxygens (including phenoxy) is 2. The van der Waals surface area contributed by atoms with E-state index in [0.29, 0.717) is 18.5 Å². The maximum absolute atomic E-state index is 5.64. The Bertz CT molecular complexity index is 367. The Balaban J connectivity index is 1.61. The second-order valence-electron chi connectivity index (χ2n) is 4.85. The number of hydrogen-bond acceptors (Lipinski definition) is 5. The summed E-state index contributed by atoms with van der Waals surface area (Å²) in [5.74, 6) is 0.552. The zero-order valence-corrected chi connectivity index (χ0v) is 11.6. The topological polar surface area (TPSA) is 56.3 Å². The third kappa shape index (κ3) is 4.76. The van der Waals surface area contributed by atoms with Crippen LogP contribution in [0.1, 0.15) is 37.8 Å². The highest BCUT2D eigenvalue weighted by molar-refractivity contribution is 5.15. The van der Waals surface area contributed by atoms with Crippen molar-refractivity contribution in [1.29, 1.82) is 0 Å². The minimum absolute atomic E-state index is 0.467. The van der Waals surface area contributed by atoms with Crippen LogP contribution in [0.4, 0.5) is 0 Å². The largest absolute Gasteiger partial charge is 0.480 e. The molecule has 0 amide bonds. The fourth-order valence-corrected chi connectivity index (χ4v) is 2.39. The Labute approximate surface area is 114 Å². The van der Waals surface area contributed by atoms with Crippen LogP contribution in [-0.4, -0.2) is 36.3 Å². The van der Waals surface area contributed by atoms with Crippen molar-refractivity contribution in [2.24, 2.45) is 0 Å². The minimum Gasteiger partial charge on any atom is -0.480 e. The summed E-state index contributed by atoms with van der Waals surface area (Å²) >= 11 is 0. The van der Waals surface area contributed by atoms with Gasteiger partial charge in [-0.25, -0.2) is 4.98 Å². The van der Waals surface area contributed by atoms with Gasteiger partial charge in [-0.2, -0.15) is 0 Å². The average molecular weight is 265 g/mol. The maximum atomic E-state index is 5.64. The van der Waals surface area contributed by atoms with Gasteiger partial charge in [0.1, 0.15) is 5.69 Å². The molecule has 1 fully saturated rings. The normalized spacial score (nSPS) is 19.3. The number of hydrogen-bond donors (Lipinski definition) is 1. The van der Waals surface area contributed by atoms with E-state index in [2.05, 4.69) is 15.3 Å². The molecule has 0 unspecified atom stereocenters. The molecule has 0 aromatic carbocycles. The van der Waals surface area contributed by atoms with Gasteiger partial charge in [0.15, 0.2) is 0 Å². The number of nitrogens with one attached hydrogen (secondary N) is 1. The number of piperidine rings is 1. The van der Waals surface area contributed by atoms with Crippen molar-refractivity contribution in [3.8, 4) is 5.88 Å². The molecule has 1 saturated heterocycles. The van der Waals surface area contributed by atoms with Crippen molar-refractivity contribution < 1.29 is 9.47 Å². The molecule has 2 rings (SSSR count). The molecule has 0 saturated carbocycles. The van der Waals surface area contributed by atoms with Crippen molar-refractivity contribution in [1.82, 2.24) is 15.3 Å². The lowest BCUT2D eigenvalue weighted by Gasteiger charge is -2.23. The van der Waals surface area contributed by atoms with E-state index < -0.39 is 0 Å². The predicted molar refractivity (Wildman–Crippen MR) is 73.1 cm³/mol. The second kappa shape index (κ2) is 8.07. The van der Waals surface area contributed by atoms with Gasteiger partial charge < -0.3 is 14.8 Å². The average Bonchev–Trinajstić information content (AvgIpc) is 2.48. The fourth-order valence-electron chi connectivity index (χ4n) is 2.39. The van der Waals surface area contributed by atoms with Crippen molar-refractivity contribution in [3.05, 3.63) is 18.1 Å². The van der Waals surface area contributed by atoms with Crippen LogP contribution in [0, 0.1) is 0 Å².